The number of carboxylic acid groups (broad SMARTS) is 1. The van der Waals surface area contributed by atoms with E-state index in [0.717, 1.165) is 36.8 Å². The van der Waals surface area contributed by atoms with Gasteiger partial charge in [0.2, 0.25) is 0 Å². The lowest BCUT2D eigenvalue weighted by Crippen LogP contribution is -2.22. The van der Waals surface area contributed by atoms with E-state index < -0.39 is 5.97 Å². The molecule has 0 radical (unpaired) electrons. The normalized spacial score (nSPS) is 19.7. The van der Waals surface area contributed by atoms with Crippen LogP contribution in [0.4, 0.5) is 5.13 Å². The van der Waals surface area contributed by atoms with E-state index in [0.29, 0.717) is 10.3 Å². The van der Waals surface area contributed by atoms with Crippen LogP contribution in [0.15, 0.2) is 0 Å². The van der Waals surface area contributed by atoms with Crippen LogP contribution in [0.2, 0.25) is 0 Å². The van der Waals surface area contributed by atoms with Gasteiger partial charge < -0.3 is 10.0 Å². The maximum atomic E-state index is 11.3. The Hall–Kier alpha value is -1.10. The number of hydrogen-bond donors (Lipinski definition) is 1. The highest BCUT2D eigenvalue weighted by Crippen LogP contribution is 2.37. The monoisotopic (exact) mass is 282 g/mol. The molecule has 1 aromatic heterocycles. The fourth-order valence-electron chi connectivity index (χ4n) is 2.41. The first kappa shape index (κ1) is 14.3. The standard InChI is InChI=1S/C14H22N2O2S/c1-5-9(2)10-11(12(17)18)19-13(15-10)16-7-6-14(3,4)8-16/h9H,5-8H2,1-4H3,(H,17,18). The lowest BCUT2D eigenvalue weighted by Gasteiger charge is -2.18. The third-order valence-electron chi connectivity index (χ3n) is 3.86. The predicted molar refractivity (Wildman–Crippen MR) is 78.4 cm³/mol. The number of aromatic nitrogens is 1. The van der Waals surface area contributed by atoms with Crippen molar-refractivity contribution in [3.63, 3.8) is 0 Å². The van der Waals surface area contributed by atoms with Crippen molar-refractivity contribution in [2.45, 2.75) is 46.5 Å². The number of nitrogens with zero attached hydrogens (tertiary/aromatic N) is 2. The van der Waals surface area contributed by atoms with Crippen molar-refractivity contribution in [3.05, 3.63) is 10.6 Å². The molecular weight excluding hydrogens is 260 g/mol. The van der Waals surface area contributed by atoms with Crippen LogP contribution in [0.3, 0.4) is 0 Å². The molecule has 1 atom stereocenters. The average molecular weight is 282 g/mol. The van der Waals surface area contributed by atoms with E-state index in [-0.39, 0.29) is 5.92 Å². The Balaban J connectivity index is 2.31. The minimum absolute atomic E-state index is 0.201. The number of hydrogen-bond acceptors (Lipinski definition) is 4. The second-order valence-corrected chi connectivity index (χ2v) is 7.14. The molecule has 0 aromatic carbocycles. The van der Waals surface area contributed by atoms with E-state index >= 15 is 0 Å². The molecule has 0 aliphatic carbocycles. The van der Waals surface area contributed by atoms with E-state index in [1.165, 1.54) is 11.3 Å². The highest BCUT2D eigenvalue weighted by molar-refractivity contribution is 7.17. The van der Waals surface area contributed by atoms with Gasteiger partial charge in [0.15, 0.2) is 5.13 Å². The third-order valence-corrected chi connectivity index (χ3v) is 4.98. The Labute approximate surface area is 118 Å². The Bertz CT molecular complexity index is 482. The van der Waals surface area contributed by atoms with Gasteiger partial charge >= 0.3 is 5.97 Å². The molecule has 5 heteroatoms. The number of carboxylic acids is 1. The Morgan fingerprint density at radius 2 is 2.26 bits per heavy atom. The molecule has 0 bridgehead atoms. The van der Waals surface area contributed by atoms with E-state index in [9.17, 15) is 9.90 Å². The van der Waals surface area contributed by atoms with Crippen molar-refractivity contribution in [1.29, 1.82) is 0 Å². The fourth-order valence-corrected chi connectivity index (χ4v) is 3.46. The topological polar surface area (TPSA) is 53.4 Å². The van der Waals surface area contributed by atoms with Gasteiger partial charge in [-0.3, -0.25) is 0 Å². The highest BCUT2D eigenvalue weighted by Gasteiger charge is 2.32. The van der Waals surface area contributed by atoms with Crippen LogP contribution in [-0.2, 0) is 0 Å². The summed E-state index contributed by atoms with van der Waals surface area (Å²) in [4.78, 5) is 18.6. The average Bonchev–Trinajstić information content (AvgIpc) is 2.91. The molecule has 1 N–H and O–H groups in total. The summed E-state index contributed by atoms with van der Waals surface area (Å²) in [5, 5.41) is 10.2. The van der Waals surface area contributed by atoms with Gasteiger partial charge in [-0.25, -0.2) is 9.78 Å². The van der Waals surface area contributed by atoms with Crippen molar-refractivity contribution < 1.29 is 9.90 Å². The molecule has 0 amide bonds. The van der Waals surface area contributed by atoms with Crippen LogP contribution >= 0.6 is 11.3 Å². The molecule has 1 saturated heterocycles. The van der Waals surface area contributed by atoms with E-state index in [1.54, 1.807) is 0 Å². The Morgan fingerprint density at radius 1 is 1.58 bits per heavy atom. The zero-order valence-corrected chi connectivity index (χ0v) is 12.9. The largest absolute Gasteiger partial charge is 0.477 e. The molecule has 4 nitrogen and oxygen atoms in total. The number of aromatic carboxylic acids is 1. The third kappa shape index (κ3) is 2.91. The maximum absolute atomic E-state index is 11.3. The highest BCUT2D eigenvalue weighted by atomic mass is 32.1. The molecule has 1 aromatic rings. The van der Waals surface area contributed by atoms with Gasteiger partial charge in [0.1, 0.15) is 4.88 Å². The molecule has 1 fully saturated rings. The zero-order valence-electron chi connectivity index (χ0n) is 12.1. The van der Waals surface area contributed by atoms with Gasteiger partial charge in [-0.05, 0) is 24.2 Å². The molecule has 0 spiro atoms. The summed E-state index contributed by atoms with van der Waals surface area (Å²) in [5.41, 5.74) is 1.05. The molecular formula is C14H22N2O2S. The summed E-state index contributed by atoms with van der Waals surface area (Å²) in [6.07, 6.45) is 2.04. The van der Waals surface area contributed by atoms with Crippen LogP contribution in [0.1, 0.15) is 61.8 Å². The SMILES string of the molecule is CCC(C)c1nc(N2CCC(C)(C)C2)sc1C(=O)O. The lowest BCUT2D eigenvalue weighted by molar-refractivity contribution is 0.0700. The number of rotatable bonds is 4. The molecule has 0 saturated carbocycles. The van der Waals surface area contributed by atoms with Crippen molar-refractivity contribution in [1.82, 2.24) is 4.98 Å². The first-order chi connectivity index (χ1) is 8.84. The first-order valence-electron chi connectivity index (χ1n) is 6.83. The summed E-state index contributed by atoms with van der Waals surface area (Å²) >= 11 is 1.32. The first-order valence-corrected chi connectivity index (χ1v) is 7.64. The fraction of sp³-hybridized carbons (Fsp3) is 0.714. The summed E-state index contributed by atoms with van der Waals surface area (Å²) in [6.45, 7) is 10.5. The maximum Gasteiger partial charge on any atom is 0.347 e. The van der Waals surface area contributed by atoms with E-state index in [2.05, 4.69) is 30.7 Å². The van der Waals surface area contributed by atoms with Gasteiger partial charge in [-0.1, -0.05) is 39.0 Å². The van der Waals surface area contributed by atoms with Crippen LogP contribution in [0, 0.1) is 5.41 Å². The summed E-state index contributed by atoms with van der Waals surface area (Å²) in [7, 11) is 0. The molecule has 1 unspecified atom stereocenters. The number of anilines is 1. The van der Waals surface area contributed by atoms with Crippen LogP contribution in [-0.4, -0.2) is 29.1 Å². The lowest BCUT2D eigenvalue weighted by atomic mass is 9.93. The van der Waals surface area contributed by atoms with Gasteiger partial charge in [0.25, 0.3) is 0 Å². The van der Waals surface area contributed by atoms with Crippen molar-refractivity contribution >= 4 is 22.4 Å². The summed E-state index contributed by atoms with van der Waals surface area (Å²) < 4.78 is 0. The van der Waals surface area contributed by atoms with Crippen LogP contribution in [0.25, 0.3) is 0 Å². The smallest absolute Gasteiger partial charge is 0.347 e. The Morgan fingerprint density at radius 3 is 2.74 bits per heavy atom. The summed E-state index contributed by atoms with van der Waals surface area (Å²) in [6, 6.07) is 0. The Kier molecular flexibility index (Phi) is 3.85. The van der Waals surface area contributed by atoms with E-state index in [1.807, 2.05) is 6.92 Å². The van der Waals surface area contributed by atoms with Gasteiger partial charge in [0.05, 0.1) is 5.69 Å². The van der Waals surface area contributed by atoms with Crippen molar-refractivity contribution in [2.24, 2.45) is 5.41 Å². The molecule has 1 aliphatic heterocycles. The molecule has 2 heterocycles. The van der Waals surface area contributed by atoms with Gasteiger partial charge in [0, 0.05) is 13.1 Å². The minimum Gasteiger partial charge on any atom is -0.477 e. The molecule has 106 valence electrons. The quantitative estimate of drug-likeness (QED) is 0.917. The second-order valence-electron chi connectivity index (χ2n) is 6.16. The second kappa shape index (κ2) is 5.12. The molecule has 2 rings (SSSR count). The predicted octanol–water partition coefficient (Wildman–Crippen LogP) is 3.59. The van der Waals surface area contributed by atoms with Gasteiger partial charge in [-0.2, -0.15) is 0 Å². The van der Waals surface area contributed by atoms with Crippen LogP contribution < -0.4 is 4.90 Å². The minimum atomic E-state index is -0.850. The molecule has 1 aliphatic rings. The van der Waals surface area contributed by atoms with Crippen molar-refractivity contribution in [2.75, 3.05) is 18.0 Å². The summed E-state index contributed by atoms with van der Waals surface area (Å²) in [5.74, 6) is -0.649. The zero-order chi connectivity index (χ0) is 14.2. The van der Waals surface area contributed by atoms with Crippen LogP contribution in [0.5, 0.6) is 0 Å². The van der Waals surface area contributed by atoms with Gasteiger partial charge in [-0.15, -0.1) is 0 Å². The van der Waals surface area contributed by atoms with E-state index in [4.69, 9.17) is 0 Å². The van der Waals surface area contributed by atoms with Crippen molar-refractivity contribution in [3.8, 4) is 0 Å². The number of carbonyl (C=O) groups is 1. The number of thiazole rings is 1. The molecule has 19 heavy (non-hydrogen) atoms.